The lowest BCUT2D eigenvalue weighted by Gasteiger charge is -2.37. The van der Waals surface area contributed by atoms with Crippen molar-refractivity contribution in [2.45, 2.75) is 33.4 Å². The Morgan fingerprint density at radius 1 is 0.848 bits per heavy atom. The van der Waals surface area contributed by atoms with Crippen LogP contribution in [0.5, 0.6) is 0 Å². The van der Waals surface area contributed by atoms with E-state index in [2.05, 4.69) is 30.0 Å². The Labute approximate surface area is 195 Å². The summed E-state index contributed by atoms with van der Waals surface area (Å²) < 4.78 is 0. The number of amides is 3. The first-order valence-corrected chi connectivity index (χ1v) is 11.6. The Morgan fingerprint density at radius 2 is 1.52 bits per heavy atom. The molecule has 174 valence electrons. The average Bonchev–Trinajstić information content (AvgIpc) is 2.82. The van der Waals surface area contributed by atoms with Crippen molar-refractivity contribution in [3.05, 3.63) is 65.2 Å². The van der Waals surface area contributed by atoms with Crippen molar-refractivity contribution in [2.24, 2.45) is 0 Å². The highest BCUT2D eigenvalue weighted by molar-refractivity contribution is 6.35. The summed E-state index contributed by atoms with van der Waals surface area (Å²) in [5.41, 5.74) is 4.04. The summed E-state index contributed by atoms with van der Waals surface area (Å²) >= 11 is 0. The molecule has 0 spiro atoms. The van der Waals surface area contributed by atoms with Gasteiger partial charge in [-0.15, -0.1) is 0 Å². The summed E-state index contributed by atoms with van der Waals surface area (Å²) in [6.07, 6.45) is 0. The largest absolute Gasteiger partial charge is 0.368 e. The van der Waals surface area contributed by atoms with Crippen LogP contribution in [0.3, 0.4) is 0 Å². The minimum atomic E-state index is -0.457. The van der Waals surface area contributed by atoms with Crippen molar-refractivity contribution < 1.29 is 14.4 Å². The molecule has 0 aliphatic carbocycles. The van der Waals surface area contributed by atoms with Crippen molar-refractivity contribution in [3.8, 4) is 0 Å². The Balaban J connectivity index is 1.33. The third-order valence-electron chi connectivity index (χ3n) is 6.56. The zero-order valence-corrected chi connectivity index (χ0v) is 19.7. The molecular formula is C26H32N4O3. The quantitative estimate of drug-likeness (QED) is 0.660. The molecule has 7 heteroatoms. The number of para-hydroxylation sites is 1. The minimum absolute atomic E-state index is 0.0208. The number of piperazine rings is 2. The summed E-state index contributed by atoms with van der Waals surface area (Å²) in [4.78, 5) is 45.2. The van der Waals surface area contributed by atoms with E-state index in [0.29, 0.717) is 38.3 Å². The molecule has 0 saturated carbocycles. The Bertz CT molecular complexity index is 1030. The van der Waals surface area contributed by atoms with E-state index in [0.717, 1.165) is 18.7 Å². The predicted molar refractivity (Wildman–Crippen MR) is 128 cm³/mol. The van der Waals surface area contributed by atoms with Gasteiger partial charge in [0.1, 0.15) is 0 Å². The van der Waals surface area contributed by atoms with E-state index >= 15 is 0 Å². The van der Waals surface area contributed by atoms with Crippen LogP contribution in [0.1, 0.15) is 35.3 Å². The molecule has 0 bridgehead atoms. The van der Waals surface area contributed by atoms with Gasteiger partial charge in [-0.3, -0.25) is 14.4 Å². The van der Waals surface area contributed by atoms with Crippen LogP contribution >= 0.6 is 0 Å². The van der Waals surface area contributed by atoms with Crippen molar-refractivity contribution >= 4 is 23.4 Å². The second-order valence-electron chi connectivity index (χ2n) is 9.08. The highest BCUT2D eigenvalue weighted by Crippen LogP contribution is 2.21. The average molecular weight is 449 g/mol. The van der Waals surface area contributed by atoms with Crippen LogP contribution in [0.15, 0.2) is 48.5 Å². The number of aryl methyl sites for hydroxylation is 1. The number of hydrogen-bond donors (Lipinski definition) is 0. The lowest BCUT2D eigenvalue weighted by Crippen LogP contribution is -2.55. The van der Waals surface area contributed by atoms with Crippen molar-refractivity contribution in [3.63, 3.8) is 0 Å². The number of rotatable bonds is 5. The van der Waals surface area contributed by atoms with Crippen molar-refractivity contribution in [2.75, 3.05) is 44.2 Å². The normalized spacial score (nSPS) is 17.2. The molecule has 2 heterocycles. The van der Waals surface area contributed by atoms with Crippen LogP contribution in [0, 0.1) is 6.92 Å². The zero-order valence-electron chi connectivity index (χ0n) is 19.7. The molecule has 0 atom stereocenters. The van der Waals surface area contributed by atoms with Crippen molar-refractivity contribution in [1.82, 2.24) is 14.7 Å². The molecule has 33 heavy (non-hydrogen) atoms. The monoisotopic (exact) mass is 448 g/mol. The van der Waals surface area contributed by atoms with Crippen LogP contribution in [0.2, 0.25) is 0 Å². The smallest absolute Gasteiger partial charge is 0.312 e. The van der Waals surface area contributed by atoms with Gasteiger partial charge in [-0.2, -0.15) is 0 Å². The number of carbonyl (C=O) groups excluding carboxylic acids is 3. The fraction of sp³-hybridized carbons (Fsp3) is 0.423. The van der Waals surface area contributed by atoms with Crippen LogP contribution in [0.4, 0.5) is 5.69 Å². The summed E-state index contributed by atoms with van der Waals surface area (Å²) in [7, 11) is 0. The maximum Gasteiger partial charge on any atom is 0.312 e. The second kappa shape index (κ2) is 9.65. The first-order valence-electron chi connectivity index (χ1n) is 11.6. The van der Waals surface area contributed by atoms with Gasteiger partial charge in [-0.25, -0.2) is 0 Å². The molecule has 2 aliphatic rings. The molecule has 0 unspecified atom stereocenters. The molecule has 4 rings (SSSR count). The summed E-state index contributed by atoms with van der Waals surface area (Å²) in [6.45, 7) is 10.4. The van der Waals surface area contributed by atoms with E-state index in [1.54, 1.807) is 9.80 Å². The molecule has 0 aromatic heterocycles. The SMILES string of the molecule is Cc1ccccc1N1CCN(C(=O)c2ccc(CN3CCN(C(C)C)C(=O)C3=O)cc2)CC1. The second-order valence-corrected chi connectivity index (χ2v) is 9.08. The molecule has 2 fully saturated rings. The topological polar surface area (TPSA) is 64.2 Å². The van der Waals surface area contributed by atoms with Gasteiger partial charge < -0.3 is 19.6 Å². The third-order valence-corrected chi connectivity index (χ3v) is 6.56. The molecule has 2 aromatic rings. The van der Waals surface area contributed by atoms with Gasteiger partial charge in [-0.05, 0) is 50.1 Å². The number of carbonyl (C=O) groups is 3. The highest BCUT2D eigenvalue weighted by Gasteiger charge is 2.33. The van der Waals surface area contributed by atoms with E-state index in [1.165, 1.54) is 11.3 Å². The van der Waals surface area contributed by atoms with Gasteiger partial charge in [0.15, 0.2) is 0 Å². The Kier molecular flexibility index (Phi) is 6.67. The summed E-state index contributed by atoms with van der Waals surface area (Å²) in [5, 5.41) is 0. The van der Waals surface area contributed by atoms with Gasteiger partial charge in [0.25, 0.3) is 5.91 Å². The van der Waals surface area contributed by atoms with Gasteiger partial charge in [0.05, 0.1) is 0 Å². The Hall–Kier alpha value is -3.35. The van der Waals surface area contributed by atoms with Crippen LogP contribution in [-0.2, 0) is 16.1 Å². The number of nitrogens with zero attached hydrogens (tertiary/aromatic N) is 4. The molecule has 2 aliphatic heterocycles. The van der Waals surface area contributed by atoms with Crippen LogP contribution < -0.4 is 4.90 Å². The minimum Gasteiger partial charge on any atom is -0.368 e. The number of hydrogen-bond acceptors (Lipinski definition) is 4. The first kappa shape index (κ1) is 22.8. The van der Waals surface area contributed by atoms with Gasteiger partial charge in [0.2, 0.25) is 0 Å². The molecule has 0 N–H and O–H groups in total. The number of anilines is 1. The van der Waals surface area contributed by atoms with E-state index < -0.39 is 11.8 Å². The highest BCUT2D eigenvalue weighted by atomic mass is 16.2. The van der Waals surface area contributed by atoms with Crippen LogP contribution in [0.25, 0.3) is 0 Å². The maximum atomic E-state index is 13.0. The van der Waals surface area contributed by atoms with E-state index in [9.17, 15) is 14.4 Å². The lowest BCUT2D eigenvalue weighted by atomic mass is 10.1. The first-order chi connectivity index (χ1) is 15.8. The van der Waals surface area contributed by atoms with Gasteiger partial charge in [-0.1, -0.05) is 30.3 Å². The van der Waals surface area contributed by atoms with Crippen molar-refractivity contribution in [1.29, 1.82) is 0 Å². The zero-order chi connectivity index (χ0) is 23.5. The molecule has 7 nitrogen and oxygen atoms in total. The number of benzene rings is 2. The van der Waals surface area contributed by atoms with Crippen LogP contribution in [-0.4, -0.2) is 77.7 Å². The van der Waals surface area contributed by atoms with E-state index in [4.69, 9.17) is 0 Å². The molecule has 2 saturated heterocycles. The van der Waals surface area contributed by atoms with E-state index in [1.807, 2.05) is 49.1 Å². The standard InChI is InChI=1S/C26H32N4O3/c1-19(2)30-17-16-29(25(32)26(30)33)18-21-8-10-22(11-9-21)24(31)28-14-12-27(13-15-28)23-7-5-4-6-20(23)3/h4-11,19H,12-18H2,1-3H3. The summed E-state index contributed by atoms with van der Waals surface area (Å²) in [6, 6.07) is 15.8. The third kappa shape index (κ3) is 4.87. The summed E-state index contributed by atoms with van der Waals surface area (Å²) in [5.74, 6) is -0.864. The predicted octanol–water partition coefficient (Wildman–Crippen LogP) is 2.54. The Morgan fingerprint density at radius 3 is 2.15 bits per heavy atom. The molecule has 0 radical (unpaired) electrons. The van der Waals surface area contributed by atoms with Gasteiger partial charge in [0, 0.05) is 63.1 Å². The van der Waals surface area contributed by atoms with E-state index in [-0.39, 0.29) is 11.9 Å². The van der Waals surface area contributed by atoms with Gasteiger partial charge >= 0.3 is 11.8 Å². The molecular weight excluding hydrogens is 416 g/mol. The molecule has 2 aromatic carbocycles. The maximum absolute atomic E-state index is 13.0. The lowest BCUT2D eigenvalue weighted by molar-refractivity contribution is -0.157. The molecule has 3 amide bonds. The fourth-order valence-electron chi connectivity index (χ4n) is 4.56. The fourth-order valence-corrected chi connectivity index (χ4v) is 4.56.